The first-order valence-electron chi connectivity index (χ1n) is 4.58. The van der Waals surface area contributed by atoms with Gasteiger partial charge in [-0.2, -0.15) is 5.10 Å². The molecule has 9 heteroatoms. The quantitative estimate of drug-likeness (QED) is 0.331. The number of aromatic amines is 1. The molecule has 0 aromatic carbocycles. The number of nitrogens with zero attached hydrogens (tertiary/aromatic N) is 4. The van der Waals surface area contributed by atoms with Crippen LogP contribution in [-0.4, -0.2) is 31.7 Å². The Hall–Kier alpha value is -1.57. The van der Waals surface area contributed by atoms with Crippen molar-refractivity contribution in [2.24, 2.45) is 5.11 Å². The maximum Gasteiger partial charge on any atom is 0.243 e. The monoisotopic (exact) mass is 244 g/mol. The fourth-order valence-corrected chi connectivity index (χ4v) is 2.30. The number of aromatic nitrogens is 2. The van der Waals surface area contributed by atoms with Crippen molar-refractivity contribution in [2.75, 3.05) is 13.1 Å². The number of azide groups is 1. The molecule has 0 unspecified atom stereocenters. The molecule has 8 nitrogen and oxygen atoms in total. The summed E-state index contributed by atoms with van der Waals surface area (Å²) in [6.45, 7) is 2.12. The summed E-state index contributed by atoms with van der Waals surface area (Å²) in [5.41, 5.74) is 8.51. The summed E-state index contributed by atoms with van der Waals surface area (Å²) in [4.78, 5) is 2.70. The fourth-order valence-electron chi connectivity index (χ4n) is 1.09. The number of H-pyrrole nitrogens is 1. The van der Waals surface area contributed by atoms with Gasteiger partial charge < -0.3 is 0 Å². The van der Waals surface area contributed by atoms with Crippen LogP contribution in [0.4, 0.5) is 0 Å². The maximum absolute atomic E-state index is 11.7. The van der Waals surface area contributed by atoms with Crippen molar-refractivity contribution in [1.82, 2.24) is 14.9 Å². The van der Waals surface area contributed by atoms with Crippen molar-refractivity contribution in [3.63, 3.8) is 0 Å². The van der Waals surface area contributed by atoms with E-state index in [1.807, 2.05) is 0 Å². The average Bonchev–Trinajstić information content (AvgIpc) is 2.65. The zero-order chi connectivity index (χ0) is 12.0. The lowest BCUT2D eigenvalue weighted by molar-refractivity contribution is 0.579. The van der Waals surface area contributed by atoms with Gasteiger partial charge in [0.25, 0.3) is 0 Å². The van der Waals surface area contributed by atoms with E-state index in [-0.39, 0.29) is 18.0 Å². The number of nitrogens with one attached hydrogen (secondary N) is 2. The average molecular weight is 244 g/mol. The van der Waals surface area contributed by atoms with Gasteiger partial charge in [-0.25, -0.2) is 13.1 Å². The number of rotatable bonds is 6. The Morgan fingerprint density at radius 2 is 2.44 bits per heavy atom. The molecule has 0 radical (unpaired) electrons. The molecule has 16 heavy (non-hydrogen) atoms. The molecule has 88 valence electrons. The molecule has 1 aromatic rings. The molecule has 0 aliphatic carbocycles. The third-order valence-corrected chi connectivity index (χ3v) is 3.44. The van der Waals surface area contributed by atoms with Gasteiger partial charge in [0.05, 0.1) is 11.9 Å². The molecule has 1 aromatic heterocycles. The molecule has 0 spiro atoms. The number of hydrogen-bond donors (Lipinski definition) is 2. The van der Waals surface area contributed by atoms with Gasteiger partial charge in [-0.1, -0.05) is 5.11 Å². The minimum atomic E-state index is -3.51. The van der Waals surface area contributed by atoms with Crippen molar-refractivity contribution in [2.45, 2.75) is 18.2 Å². The van der Waals surface area contributed by atoms with Crippen LogP contribution in [0.1, 0.15) is 12.1 Å². The number of sulfonamides is 1. The second-order valence-electron chi connectivity index (χ2n) is 3.07. The molecular formula is C7H12N6O2S. The van der Waals surface area contributed by atoms with E-state index in [1.54, 1.807) is 6.92 Å². The predicted molar refractivity (Wildman–Crippen MR) is 57.1 cm³/mol. The second kappa shape index (κ2) is 5.50. The molecule has 1 heterocycles. The first-order valence-corrected chi connectivity index (χ1v) is 6.07. The SMILES string of the molecule is Cc1[nH]ncc1S(=O)(=O)NCCCN=[N+]=[N-]. The van der Waals surface area contributed by atoms with Crippen LogP contribution in [0.3, 0.4) is 0 Å². The highest BCUT2D eigenvalue weighted by Gasteiger charge is 2.17. The Morgan fingerprint density at radius 1 is 1.69 bits per heavy atom. The third kappa shape index (κ3) is 3.23. The van der Waals surface area contributed by atoms with Crippen LogP contribution >= 0.6 is 0 Å². The topological polar surface area (TPSA) is 124 Å². The Morgan fingerprint density at radius 3 is 3.00 bits per heavy atom. The molecule has 0 aliphatic heterocycles. The van der Waals surface area contributed by atoms with Gasteiger partial charge in [-0.3, -0.25) is 5.10 Å². The molecule has 1 rings (SSSR count). The zero-order valence-electron chi connectivity index (χ0n) is 8.71. The van der Waals surface area contributed by atoms with Gasteiger partial charge >= 0.3 is 0 Å². The Bertz CT molecular complexity index is 487. The normalized spacial score (nSPS) is 11.1. The van der Waals surface area contributed by atoms with E-state index in [4.69, 9.17) is 5.53 Å². The van der Waals surface area contributed by atoms with Crippen LogP contribution < -0.4 is 4.72 Å². The first kappa shape index (κ1) is 12.5. The van der Waals surface area contributed by atoms with Crippen LogP contribution in [-0.2, 0) is 10.0 Å². The largest absolute Gasteiger partial charge is 0.281 e. The smallest absolute Gasteiger partial charge is 0.243 e. The second-order valence-corrected chi connectivity index (χ2v) is 4.80. The van der Waals surface area contributed by atoms with Crippen molar-refractivity contribution >= 4 is 10.0 Å². The van der Waals surface area contributed by atoms with E-state index in [2.05, 4.69) is 24.9 Å². The Balaban J connectivity index is 2.54. The summed E-state index contributed by atoms with van der Waals surface area (Å²) >= 11 is 0. The highest BCUT2D eigenvalue weighted by Crippen LogP contribution is 2.10. The summed E-state index contributed by atoms with van der Waals surface area (Å²) in [6.07, 6.45) is 1.71. The highest BCUT2D eigenvalue weighted by atomic mass is 32.2. The van der Waals surface area contributed by atoms with Crippen molar-refractivity contribution < 1.29 is 8.42 Å². The molecule has 0 fully saturated rings. The zero-order valence-corrected chi connectivity index (χ0v) is 9.53. The van der Waals surface area contributed by atoms with Crippen molar-refractivity contribution in [1.29, 1.82) is 0 Å². The summed E-state index contributed by atoms with van der Waals surface area (Å²) < 4.78 is 25.7. The van der Waals surface area contributed by atoms with Crippen LogP contribution in [0, 0.1) is 6.92 Å². The fraction of sp³-hybridized carbons (Fsp3) is 0.571. The molecular weight excluding hydrogens is 232 g/mol. The van der Waals surface area contributed by atoms with E-state index >= 15 is 0 Å². The summed E-state index contributed by atoms with van der Waals surface area (Å²) in [5.74, 6) is 0. The van der Waals surface area contributed by atoms with Crippen molar-refractivity contribution in [3.05, 3.63) is 22.3 Å². The third-order valence-electron chi connectivity index (χ3n) is 1.86. The standard InChI is InChI=1S/C7H12N6O2S/c1-6-7(5-10-12-6)16(14,15)11-4-2-3-9-13-8/h5,11H,2-4H2,1H3,(H,10,12). The summed E-state index contributed by atoms with van der Waals surface area (Å²) in [7, 11) is -3.51. The van der Waals surface area contributed by atoms with Gasteiger partial charge in [0.1, 0.15) is 4.90 Å². The van der Waals surface area contributed by atoms with Crippen LogP contribution in [0.2, 0.25) is 0 Å². The minimum absolute atomic E-state index is 0.135. The van der Waals surface area contributed by atoms with Crippen LogP contribution in [0.25, 0.3) is 10.4 Å². The van der Waals surface area contributed by atoms with Gasteiger partial charge in [-0.05, 0) is 18.9 Å². The van der Waals surface area contributed by atoms with E-state index < -0.39 is 10.0 Å². The molecule has 0 saturated heterocycles. The molecule has 0 bridgehead atoms. The number of aryl methyl sites for hydroxylation is 1. The Labute approximate surface area is 92.7 Å². The van der Waals surface area contributed by atoms with Gasteiger partial charge in [0, 0.05) is 18.0 Å². The molecule has 0 amide bonds. The van der Waals surface area contributed by atoms with Crippen LogP contribution in [0.5, 0.6) is 0 Å². The van der Waals surface area contributed by atoms with E-state index in [9.17, 15) is 8.42 Å². The lowest BCUT2D eigenvalue weighted by atomic mass is 10.4. The van der Waals surface area contributed by atoms with Crippen molar-refractivity contribution in [3.8, 4) is 0 Å². The lowest BCUT2D eigenvalue weighted by Gasteiger charge is -2.03. The van der Waals surface area contributed by atoms with Gasteiger partial charge in [-0.15, -0.1) is 0 Å². The Kier molecular flexibility index (Phi) is 4.29. The highest BCUT2D eigenvalue weighted by molar-refractivity contribution is 7.89. The van der Waals surface area contributed by atoms with Gasteiger partial charge in [0.2, 0.25) is 10.0 Å². The maximum atomic E-state index is 11.7. The van der Waals surface area contributed by atoms with Crippen LogP contribution in [0.15, 0.2) is 16.2 Å². The minimum Gasteiger partial charge on any atom is -0.281 e. The predicted octanol–water partition coefficient (Wildman–Crippen LogP) is 0.697. The lowest BCUT2D eigenvalue weighted by Crippen LogP contribution is -2.25. The molecule has 0 saturated carbocycles. The number of hydrogen-bond acceptors (Lipinski definition) is 4. The van der Waals surface area contributed by atoms with E-state index in [0.29, 0.717) is 12.1 Å². The molecule has 0 atom stereocenters. The molecule has 0 aliphatic rings. The van der Waals surface area contributed by atoms with Gasteiger partial charge in [0.15, 0.2) is 0 Å². The molecule has 2 N–H and O–H groups in total. The van der Waals surface area contributed by atoms with E-state index in [0.717, 1.165) is 0 Å². The summed E-state index contributed by atoms with van der Waals surface area (Å²) in [6, 6.07) is 0. The first-order chi connectivity index (χ1) is 7.58. The van der Waals surface area contributed by atoms with E-state index in [1.165, 1.54) is 6.20 Å². The summed E-state index contributed by atoms with van der Waals surface area (Å²) in [5, 5.41) is 9.48.